The standard InChI is InChI=1S/C4H11O4P.Na/c1-4(2-3-5)8-9(6)7;/h4-5,9H,2-3H2,1H3,(H,6,7);. The van der Waals surface area contributed by atoms with Crippen LogP contribution in [0.5, 0.6) is 0 Å². The van der Waals surface area contributed by atoms with Gasteiger partial charge in [0, 0.05) is 36.2 Å². The SMILES string of the molecule is CC(CCO)O[PH](=O)O.[Na]. The van der Waals surface area contributed by atoms with Crippen LogP contribution in [-0.4, -0.2) is 52.3 Å². The molecule has 0 spiro atoms. The average Bonchev–Trinajstić information content (AvgIpc) is 1.63. The van der Waals surface area contributed by atoms with E-state index in [4.69, 9.17) is 10.00 Å². The summed E-state index contributed by atoms with van der Waals surface area (Å²) >= 11 is 0. The Bertz CT molecular complexity index is 99.3. The van der Waals surface area contributed by atoms with Gasteiger partial charge in [-0.05, 0) is 13.3 Å². The van der Waals surface area contributed by atoms with Gasteiger partial charge < -0.3 is 14.5 Å². The van der Waals surface area contributed by atoms with Crippen LogP contribution in [0, 0.1) is 0 Å². The molecule has 0 heterocycles. The number of hydrogen-bond donors (Lipinski definition) is 2. The van der Waals surface area contributed by atoms with E-state index in [2.05, 4.69) is 4.52 Å². The van der Waals surface area contributed by atoms with Gasteiger partial charge in [-0.1, -0.05) is 0 Å². The first-order valence-corrected chi connectivity index (χ1v) is 3.93. The van der Waals surface area contributed by atoms with E-state index >= 15 is 0 Å². The molecule has 0 fully saturated rings. The Kier molecular flexibility index (Phi) is 11.2. The molecule has 0 saturated carbocycles. The number of aliphatic hydroxyl groups excluding tert-OH is 1. The third-order valence-electron chi connectivity index (χ3n) is 0.838. The van der Waals surface area contributed by atoms with Crippen molar-refractivity contribution in [3.8, 4) is 0 Å². The average molecular weight is 177 g/mol. The van der Waals surface area contributed by atoms with Gasteiger partial charge in [0.25, 0.3) is 0 Å². The second kappa shape index (κ2) is 8.21. The maximum atomic E-state index is 9.97. The van der Waals surface area contributed by atoms with E-state index in [1.165, 1.54) is 0 Å². The summed E-state index contributed by atoms with van der Waals surface area (Å²) in [5, 5.41) is 8.30. The number of hydrogen-bond acceptors (Lipinski definition) is 3. The van der Waals surface area contributed by atoms with Crippen molar-refractivity contribution < 1.29 is 19.1 Å². The molecule has 0 aromatic rings. The topological polar surface area (TPSA) is 66.8 Å². The Labute approximate surface area is 82.8 Å². The van der Waals surface area contributed by atoms with Crippen LogP contribution >= 0.6 is 8.25 Å². The number of aliphatic hydroxyl groups is 1. The molecule has 0 rings (SSSR count). The molecule has 4 nitrogen and oxygen atoms in total. The van der Waals surface area contributed by atoms with Crippen molar-refractivity contribution in [1.82, 2.24) is 0 Å². The summed E-state index contributed by atoms with van der Waals surface area (Å²) in [4.78, 5) is 8.19. The van der Waals surface area contributed by atoms with Gasteiger partial charge in [-0.2, -0.15) is 0 Å². The molecule has 6 heteroatoms. The van der Waals surface area contributed by atoms with Crippen molar-refractivity contribution in [2.24, 2.45) is 0 Å². The van der Waals surface area contributed by atoms with Gasteiger partial charge in [0.2, 0.25) is 0 Å². The van der Waals surface area contributed by atoms with Crippen molar-refractivity contribution >= 4 is 37.8 Å². The van der Waals surface area contributed by atoms with Crippen molar-refractivity contribution in [2.45, 2.75) is 19.4 Å². The van der Waals surface area contributed by atoms with Gasteiger partial charge in [-0.15, -0.1) is 0 Å². The van der Waals surface area contributed by atoms with E-state index < -0.39 is 8.25 Å². The summed E-state index contributed by atoms with van der Waals surface area (Å²) < 4.78 is 14.4. The predicted molar refractivity (Wildman–Crippen MR) is 39.2 cm³/mol. The minimum absolute atomic E-state index is 0. The van der Waals surface area contributed by atoms with Gasteiger partial charge in [-0.3, -0.25) is 4.57 Å². The summed E-state index contributed by atoms with van der Waals surface area (Å²) in [6, 6.07) is 0. The molecule has 2 N–H and O–H groups in total. The zero-order valence-electron chi connectivity index (χ0n) is 6.20. The maximum Gasteiger partial charge on any atom is 0.316 e. The summed E-state index contributed by atoms with van der Waals surface area (Å²) in [5.74, 6) is 0. The van der Waals surface area contributed by atoms with Crippen LogP contribution in [0.15, 0.2) is 0 Å². The first-order valence-electron chi connectivity index (χ1n) is 2.67. The fourth-order valence-corrected chi connectivity index (χ4v) is 0.875. The van der Waals surface area contributed by atoms with E-state index in [1.54, 1.807) is 6.92 Å². The molecule has 0 aromatic carbocycles. The number of rotatable bonds is 4. The Morgan fingerprint density at radius 1 is 1.70 bits per heavy atom. The minimum atomic E-state index is -2.82. The molecule has 0 aromatic heterocycles. The molecule has 0 amide bonds. The predicted octanol–water partition coefficient (Wildman–Crippen LogP) is -0.225. The Balaban J connectivity index is 0. The van der Waals surface area contributed by atoms with E-state index in [0.29, 0.717) is 6.42 Å². The van der Waals surface area contributed by atoms with Gasteiger partial charge in [0.15, 0.2) is 0 Å². The fraction of sp³-hybridized carbons (Fsp3) is 1.00. The van der Waals surface area contributed by atoms with Gasteiger partial charge >= 0.3 is 8.25 Å². The molecule has 10 heavy (non-hydrogen) atoms. The molecule has 0 saturated heterocycles. The van der Waals surface area contributed by atoms with Crippen LogP contribution in [0.1, 0.15) is 13.3 Å². The second-order valence-electron chi connectivity index (χ2n) is 1.71. The first kappa shape index (κ1) is 13.7. The monoisotopic (exact) mass is 177 g/mol. The van der Waals surface area contributed by atoms with Crippen LogP contribution in [0.2, 0.25) is 0 Å². The van der Waals surface area contributed by atoms with Crippen LogP contribution in [-0.2, 0) is 9.09 Å². The van der Waals surface area contributed by atoms with E-state index in [1.807, 2.05) is 0 Å². The smallest absolute Gasteiger partial charge is 0.316 e. The van der Waals surface area contributed by atoms with Crippen molar-refractivity contribution in [2.75, 3.05) is 6.61 Å². The molecule has 0 aliphatic rings. The molecule has 2 atom stereocenters. The molecule has 0 aliphatic heterocycles. The zero-order chi connectivity index (χ0) is 7.28. The third kappa shape index (κ3) is 9.11. The Hall–Kier alpha value is 1.11. The molecule has 0 bridgehead atoms. The maximum absolute atomic E-state index is 9.97. The van der Waals surface area contributed by atoms with Crippen molar-refractivity contribution in [1.29, 1.82) is 0 Å². The molecule has 2 unspecified atom stereocenters. The van der Waals surface area contributed by atoms with Crippen LogP contribution in [0.4, 0.5) is 0 Å². The summed E-state index contributed by atoms with van der Waals surface area (Å²) in [7, 11) is -2.82. The zero-order valence-corrected chi connectivity index (χ0v) is 9.20. The van der Waals surface area contributed by atoms with Crippen LogP contribution < -0.4 is 0 Å². The second-order valence-corrected chi connectivity index (χ2v) is 2.47. The quantitative estimate of drug-likeness (QED) is 0.460. The molecular formula is C4H11NaO4P. The van der Waals surface area contributed by atoms with E-state index in [0.717, 1.165) is 0 Å². The summed E-state index contributed by atoms with van der Waals surface area (Å²) in [6.45, 7) is 1.62. The van der Waals surface area contributed by atoms with Gasteiger partial charge in [-0.25, -0.2) is 0 Å². The van der Waals surface area contributed by atoms with E-state index in [9.17, 15) is 4.57 Å². The molecule has 1 radical (unpaired) electrons. The van der Waals surface area contributed by atoms with E-state index in [-0.39, 0.29) is 42.3 Å². The molecular weight excluding hydrogens is 166 g/mol. The van der Waals surface area contributed by atoms with Crippen LogP contribution in [0.3, 0.4) is 0 Å². The largest absolute Gasteiger partial charge is 0.396 e. The fourth-order valence-electron chi connectivity index (χ4n) is 0.413. The van der Waals surface area contributed by atoms with Crippen molar-refractivity contribution in [3.05, 3.63) is 0 Å². The van der Waals surface area contributed by atoms with Crippen molar-refractivity contribution in [3.63, 3.8) is 0 Å². The normalized spacial score (nSPS) is 15.5. The van der Waals surface area contributed by atoms with Gasteiger partial charge in [0.05, 0.1) is 6.10 Å². The Morgan fingerprint density at radius 3 is 2.50 bits per heavy atom. The first-order chi connectivity index (χ1) is 4.16. The molecule has 0 aliphatic carbocycles. The summed E-state index contributed by atoms with van der Waals surface area (Å²) in [6.07, 6.45) is 0.0724. The van der Waals surface area contributed by atoms with Gasteiger partial charge in [0.1, 0.15) is 0 Å². The minimum Gasteiger partial charge on any atom is -0.396 e. The molecule has 57 valence electrons. The Morgan fingerprint density at radius 2 is 2.20 bits per heavy atom. The summed E-state index contributed by atoms with van der Waals surface area (Å²) in [5.41, 5.74) is 0. The van der Waals surface area contributed by atoms with Crippen LogP contribution in [0.25, 0.3) is 0 Å². The third-order valence-corrected chi connectivity index (χ3v) is 1.44.